The van der Waals surface area contributed by atoms with E-state index < -0.39 is 0 Å². The molecule has 1 atom stereocenters. The van der Waals surface area contributed by atoms with Gasteiger partial charge in [0.25, 0.3) is 5.91 Å². The number of rotatable bonds is 6. The Morgan fingerprint density at radius 3 is 2.21 bits per heavy atom. The zero-order chi connectivity index (χ0) is 19.8. The summed E-state index contributed by atoms with van der Waals surface area (Å²) < 4.78 is 0. The molecule has 1 unspecified atom stereocenters. The van der Waals surface area contributed by atoms with Crippen LogP contribution in [0.5, 0.6) is 0 Å². The van der Waals surface area contributed by atoms with E-state index >= 15 is 0 Å². The van der Waals surface area contributed by atoms with Gasteiger partial charge in [0.2, 0.25) is 5.91 Å². The molecular formula is C23H29N3O2. The maximum Gasteiger partial charge on any atom is 0.251 e. The average molecular weight is 380 g/mol. The van der Waals surface area contributed by atoms with E-state index in [1.807, 2.05) is 37.3 Å². The maximum absolute atomic E-state index is 12.5. The number of likely N-dealkylation sites (tertiary alicyclic amines) is 1. The molecule has 1 aliphatic rings. The molecule has 0 saturated carbocycles. The minimum absolute atomic E-state index is 0.00296. The van der Waals surface area contributed by atoms with E-state index in [4.69, 9.17) is 0 Å². The van der Waals surface area contributed by atoms with Crippen molar-refractivity contribution in [2.75, 3.05) is 25.0 Å². The van der Waals surface area contributed by atoms with Crippen LogP contribution in [0, 0.1) is 0 Å². The van der Waals surface area contributed by atoms with E-state index in [0.717, 1.165) is 18.7 Å². The zero-order valence-electron chi connectivity index (χ0n) is 16.5. The third-order valence-corrected chi connectivity index (χ3v) is 5.14. The summed E-state index contributed by atoms with van der Waals surface area (Å²) >= 11 is 0. The molecule has 2 aromatic rings. The summed E-state index contributed by atoms with van der Waals surface area (Å²) in [5, 5.41) is 5.93. The second-order valence-electron chi connectivity index (χ2n) is 7.42. The zero-order valence-corrected chi connectivity index (χ0v) is 16.5. The highest BCUT2D eigenvalue weighted by atomic mass is 16.2. The van der Waals surface area contributed by atoms with Crippen molar-refractivity contribution in [3.8, 4) is 0 Å². The van der Waals surface area contributed by atoms with E-state index in [1.54, 1.807) is 24.3 Å². The molecule has 1 saturated heterocycles. The van der Waals surface area contributed by atoms with Crippen LogP contribution in [0.1, 0.15) is 54.6 Å². The van der Waals surface area contributed by atoms with Gasteiger partial charge in [-0.2, -0.15) is 0 Å². The van der Waals surface area contributed by atoms with Crippen molar-refractivity contribution in [2.45, 2.75) is 38.6 Å². The predicted molar refractivity (Wildman–Crippen MR) is 112 cm³/mol. The number of benzene rings is 2. The molecule has 0 aliphatic carbocycles. The summed E-state index contributed by atoms with van der Waals surface area (Å²) in [5.74, 6) is -0.129. The second kappa shape index (κ2) is 10.0. The van der Waals surface area contributed by atoms with Crippen molar-refractivity contribution in [3.63, 3.8) is 0 Å². The van der Waals surface area contributed by atoms with Crippen LogP contribution in [0.25, 0.3) is 0 Å². The summed E-state index contributed by atoms with van der Waals surface area (Å²) in [6.45, 7) is 4.37. The first-order valence-corrected chi connectivity index (χ1v) is 10.1. The number of amides is 2. The van der Waals surface area contributed by atoms with Gasteiger partial charge in [-0.25, -0.2) is 0 Å². The third kappa shape index (κ3) is 5.92. The Bertz CT molecular complexity index is 766. The van der Waals surface area contributed by atoms with Gasteiger partial charge in [-0.05, 0) is 62.7 Å². The van der Waals surface area contributed by atoms with Crippen LogP contribution in [0.15, 0.2) is 54.6 Å². The van der Waals surface area contributed by atoms with Gasteiger partial charge >= 0.3 is 0 Å². The lowest BCUT2D eigenvalue weighted by Crippen LogP contribution is -2.33. The first-order valence-electron chi connectivity index (χ1n) is 10.1. The third-order valence-electron chi connectivity index (χ3n) is 5.14. The first-order chi connectivity index (χ1) is 13.6. The van der Waals surface area contributed by atoms with Gasteiger partial charge < -0.3 is 10.6 Å². The Morgan fingerprint density at radius 1 is 0.929 bits per heavy atom. The summed E-state index contributed by atoms with van der Waals surface area (Å²) in [5.41, 5.74) is 2.36. The number of anilines is 1. The first kappa shape index (κ1) is 20.1. The topological polar surface area (TPSA) is 61.4 Å². The van der Waals surface area contributed by atoms with E-state index in [2.05, 4.69) is 15.5 Å². The number of carbonyl (C=O) groups excluding carboxylic acids is 2. The van der Waals surface area contributed by atoms with Gasteiger partial charge in [-0.1, -0.05) is 43.2 Å². The fourth-order valence-corrected chi connectivity index (χ4v) is 3.51. The summed E-state index contributed by atoms with van der Waals surface area (Å²) in [7, 11) is 0. The quantitative estimate of drug-likeness (QED) is 0.798. The van der Waals surface area contributed by atoms with Crippen molar-refractivity contribution in [3.05, 3.63) is 65.7 Å². The molecule has 0 aromatic heterocycles. The molecular weight excluding hydrogens is 350 g/mol. The fraction of sp³-hybridized carbons (Fsp3) is 0.391. The molecule has 0 radical (unpaired) electrons. The Labute approximate surface area is 167 Å². The van der Waals surface area contributed by atoms with E-state index in [-0.39, 0.29) is 17.9 Å². The molecule has 3 rings (SSSR count). The number of hydrogen-bond acceptors (Lipinski definition) is 3. The molecule has 0 spiro atoms. The molecule has 5 nitrogen and oxygen atoms in total. The van der Waals surface area contributed by atoms with E-state index in [1.165, 1.54) is 25.7 Å². The van der Waals surface area contributed by atoms with Gasteiger partial charge in [0.15, 0.2) is 0 Å². The largest absolute Gasteiger partial charge is 0.346 e. The molecule has 148 valence electrons. The van der Waals surface area contributed by atoms with Crippen LogP contribution >= 0.6 is 0 Å². The molecule has 1 fully saturated rings. The van der Waals surface area contributed by atoms with Crippen LogP contribution in [-0.2, 0) is 4.79 Å². The molecule has 5 heteroatoms. The van der Waals surface area contributed by atoms with Crippen LogP contribution in [0.3, 0.4) is 0 Å². The van der Waals surface area contributed by atoms with Crippen molar-refractivity contribution in [1.29, 1.82) is 0 Å². The molecule has 0 bridgehead atoms. The molecule has 1 aliphatic heterocycles. The average Bonchev–Trinajstić information content (AvgIpc) is 2.97. The van der Waals surface area contributed by atoms with Crippen LogP contribution in [0.4, 0.5) is 5.69 Å². The smallest absolute Gasteiger partial charge is 0.251 e. The summed E-state index contributed by atoms with van der Waals surface area (Å²) in [6, 6.07) is 16.8. The molecule has 2 aromatic carbocycles. The monoisotopic (exact) mass is 379 g/mol. The van der Waals surface area contributed by atoms with E-state index in [9.17, 15) is 9.59 Å². The second-order valence-corrected chi connectivity index (χ2v) is 7.42. The van der Waals surface area contributed by atoms with Crippen LogP contribution in [0.2, 0.25) is 0 Å². The minimum atomic E-state index is -0.126. The van der Waals surface area contributed by atoms with Crippen molar-refractivity contribution < 1.29 is 9.59 Å². The van der Waals surface area contributed by atoms with Crippen molar-refractivity contribution in [1.82, 2.24) is 10.2 Å². The highest BCUT2D eigenvalue weighted by Crippen LogP contribution is 2.15. The van der Waals surface area contributed by atoms with Gasteiger partial charge in [-0.15, -0.1) is 0 Å². The molecule has 1 heterocycles. The van der Waals surface area contributed by atoms with Gasteiger partial charge in [-0.3, -0.25) is 14.5 Å². The van der Waals surface area contributed by atoms with Gasteiger partial charge in [0, 0.05) is 11.3 Å². The number of hydrogen-bond donors (Lipinski definition) is 2. The van der Waals surface area contributed by atoms with Crippen molar-refractivity contribution in [2.24, 2.45) is 0 Å². The maximum atomic E-state index is 12.5. The lowest BCUT2D eigenvalue weighted by atomic mass is 10.1. The SMILES string of the molecule is CC(NC(=O)c1ccc(NC(=O)CN2CCCCCC2)cc1)c1ccccc1. The van der Waals surface area contributed by atoms with Gasteiger partial charge in [0.1, 0.15) is 0 Å². The van der Waals surface area contributed by atoms with Gasteiger partial charge in [0.05, 0.1) is 12.6 Å². The number of carbonyl (C=O) groups is 2. The standard InChI is InChI=1S/C23H29N3O2/c1-18(19-9-5-4-6-10-19)24-23(28)20-11-13-21(14-12-20)25-22(27)17-26-15-7-2-3-8-16-26/h4-6,9-14,18H,2-3,7-8,15-17H2,1H3,(H,24,28)(H,25,27). The summed E-state index contributed by atoms with van der Waals surface area (Å²) in [4.78, 5) is 27.0. The Kier molecular flexibility index (Phi) is 7.20. The molecule has 2 N–H and O–H groups in total. The minimum Gasteiger partial charge on any atom is -0.346 e. The van der Waals surface area contributed by atoms with Crippen LogP contribution < -0.4 is 10.6 Å². The Hall–Kier alpha value is -2.66. The lowest BCUT2D eigenvalue weighted by molar-refractivity contribution is -0.117. The predicted octanol–water partition coefficient (Wildman–Crippen LogP) is 3.99. The number of nitrogens with one attached hydrogen (secondary N) is 2. The Morgan fingerprint density at radius 2 is 1.57 bits per heavy atom. The fourth-order valence-electron chi connectivity index (χ4n) is 3.51. The Balaban J connectivity index is 1.51. The normalized spacial score (nSPS) is 16.0. The molecule has 2 amide bonds. The molecule has 28 heavy (non-hydrogen) atoms. The lowest BCUT2D eigenvalue weighted by Gasteiger charge is -2.19. The highest BCUT2D eigenvalue weighted by molar-refractivity contribution is 5.96. The summed E-state index contributed by atoms with van der Waals surface area (Å²) in [6.07, 6.45) is 4.84. The number of nitrogens with zero attached hydrogens (tertiary/aromatic N) is 1. The van der Waals surface area contributed by atoms with Crippen molar-refractivity contribution >= 4 is 17.5 Å². The highest BCUT2D eigenvalue weighted by Gasteiger charge is 2.14. The van der Waals surface area contributed by atoms with E-state index in [0.29, 0.717) is 17.8 Å². The van der Waals surface area contributed by atoms with Crippen LogP contribution in [-0.4, -0.2) is 36.3 Å².